The molecule has 0 bridgehead atoms. The number of aromatic hydroxyl groups is 7. The van der Waals surface area contributed by atoms with Gasteiger partial charge in [-0.25, -0.2) is 14.4 Å². The van der Waals surface area contributed by atoms with Crippen LogP contribution in [0.25, 0.3) is 88.6 Å². The van der Waals surface area contributed by atoms with Gasteiger partial charge in [-0.15, -0.1) is 17.0 Å². The molecule has 14 N–H and O–H groups in total. The molecule has 612 valence electrons. The number of para-hydroxylation sites is 1. The van der Waals surface area contributed by atoms with Crippen molar-refractivity contribution >= 4 is 78.5 Å². The van der Waals surface area contributed by atoms with Crippen LogP contribution >= 0.6 is 17.0 Å². The molecule has 0 aliphatic rings. The van der Waals surface area contributed by atoms with E-state index < -0.39 is 69.7 Å². The number of ether oxygens (including phenoxy) is 9. The van der Waals surface area contributed by atoms with Gasteiger partial charge in [0.15, 0.2) is 69.0 Å². The molecule has 0 spiro atoms. The van der Waals surface area contributed by atoms with Crippen molar-refractivity contribution in [1.82, 2.24) is 19.9 Å². The number of hydrogen-bond acceptors (Lipinski definition) is 23. The minimum absolute atomic E-state index is 0. The summed E-state index contributed by atoms with van der Waals surface area (Å²) in [4.78, 5) is 88.6. The van der Waals surface area contributed by atoms with Crippen LogP contribution < -0.4 is 64.3 Å². The number of carboxylic acid groups (broad SMARTS) is 3. The first kappa shape index (κ1) is 91.3. The number of rotatable bonds is 13. The van der Waals surface area contributed by atoms with E-state index in [0.717, 1.165) is 6.07 Å². The first-order chi connectivity index (χ1) is 53.6. The Hall–Kier alpha value is -14.3. The largest absolute Gasteiger partial charge is 0.508 e. The number of carbonyl (C=O) groups is 3. The zero-order valence-corrected chi connectivity index (χ0v) is 62.4. The van der Waals surface area contributed by atoms with Gasteiger partial charge in [0.05, 0.1) is 130 Å². The van der Waals surface area contributed by atoms with Gasteiger partial charge in [-0.05, 0) is 97.1 Å². The third kappa shape index (κ3) is 22.3. The number of carboxylic acids is 3. The molecule has 0 radical (unpaired) electrons. The minimum atomic E-state index is -5.08. The topological polar surface area (TPSA) is 468 Å². The van der Waals surface area contributed by atoms with Crippen molar-refractivity contribution in [3.05, 3.63) is 186 Å². The molecule has 12 aromatic rings. The van der Waals surface area contributed by atoms with Crippen molar-refractivity contribution < 1.29 is 148 Å². The summed E-state index contributed by atoms with van der Waals surface area (Å²) in [5, 5.41) is 91.7. The number of halogens is 10. The van der Waals surface area contributed by atoms with Gasteiger partial charge >= 0.3 is 36.4 Å². The number of aromatic nitrogens is 4. The molecule has 0 amide bonds. The number of aromatic amines is 4. The summed E-state index contributed by atoms with van der Waals surface area (Å²) in [5.41, 5.74) is 3.26. The molecule has 12 rings (SSSR count). The molecule has 8 aromatic carbocycles. The number of aliphatic carboxylic acids is 3. The molecule has 0 aliphatic carbocycles. The summed E-state index contributed by atoms with van der Waals surface area (Å²) < 4.78 is 142. The van der Waals surface area contributed by atoms with Crippen molar-refractivity contribution in [2.75, 3.05) is 64.0 Å². The zero-order chi connectivity index (χ0) is 85.2. The Morgan fingerprint density at radius 1 is 0.304 bits per heavy atom. The monoisotopic (exact) mass is 1690 g/mol. The second-order valence-corrected chi connectivity index (χ2v) is 22.5. The van der Waals surface area contributed by atoms with Crippen LogP contribution in [-0.2, 0) is 14.4 Å². The summed E-state index contributed by atoms with van der Waals surface area (Å²) in [6.07, 6.45) is -15.3. The van der Waals surface area contributed by atoms with Crippen LogP contribution in [0.2, 0.25) is 0 Å². The maximum Gasteiger partial charge on any atom is 0.490 e. The van der Waals surface area contributed by atoms with E-state index in [1.54, 1.807) is 117 Å². The van der Waals surface area contributed by atoms with Gasteiger partial charge in [0, 0.05) is 46.5 Å². The van der Waals surface area contributed by atoms with E-state index in [2.05, 4.69) is 19.9 Å². The van der Waals surface area contributed by atoms with Crippen molar-refractivity contribution in [2.24, 2.45) is 0 Å². The van der Waals surface area contributed by atoms with Gasteiger partial charge in [0.25, 0.3) is 0 Å². The highest BCUT2D eigenvalue weighted by Gasteiger charge is 2.40. The first-order valence-electron chi connectivity index (χ1n) is 31.5. The number of pyridine rings is 4. The maximum atomic E-state index is 12.6. The molecule has 115 heavy (non-hydrogen) atoms. The van der Waals surface area contributed by atoms with Crippen LogP contribution in [0.3, 0.4) is 0 Å². The number of alkyl halides is 9. The van der Waals surface area contributed by atoms with E-state index in [9.17, 15) is 94.4 Å². The van der Waals surface area contributed by atoms with Gasteiger partial charge in [-0.2, -0.15) is 39.5 Å². The van der Waals surface area contributed by atoms with Crippen LogP contribution in [0, 0.1) is 0 Å². The first-order valence-corrected chi connectivity index (χ1v) is 31.5. The van der Waals surface area contributed by atoms with Crippen LogP contribution in [0.15, 0.2) is 165 Å². The maximum absolute atomic E-state index is 12.6. The summed E-state index contributed by atoms with van der Waals surface area (Å²) >= 11 is 0. The number of H-pyrrole nitrogens is 4. The van der Waals surface area contributed by atoms with Gasteiger partial charge < -0.3 is 114 Å². The van der Waals surface area contributed by atoms with Crippen molar-refractivity contribution in [1.29, 1.82) is 0 Å². The average molecular weight is 1690 g/mol. The number of phenols is 3. The second-order valence-electron chi connectivity index (χ2n) is 22.5. The van der Waals surface area contributed by atoms with Crippen LogP contribution in [0.1, 0.15) is 0 Å². The predicted molar refractivity (Wildman–Crippen MR) is 402 cm³/mol. The van der Waals surface area contributed by atoms with Gasteiger partial charge in [-0.1, -0.05) is 24.3 Å². The highest BCUT2D eigenvalue weighted by atomic mass is 79.9. The molecule has 4 heterocycles. The highest BCUT2D eigenvalue weighted by Crippen LogP contribution is 2.40. The quantitative estimate of drug-likeness (QED) is 0.0376. The van der Waals surface area contributed by atoms with E-state index in [0.29, 0.717) is 118 Å². The standard InChI is InChI=1S/3C18H17NO5.C15H11NO5.3C2HF3O2.BrH/c1-22-11-6-4-10(5-7-11)16-18(21)17(20)12-8-14(23-2)15(24-3)9-13(12)19-16;1-22-11-6-4-5-10(7-11)16-18(21)17(20)12-8-14(23-2)15(24-3)9-13(12)19-16;1-22-13-7-5-4-6-10(13)16-18(21)17(20)11-8-14(23-2)15(24-3)9-12(11)19-16;17-8-3-1-7(2-4-8)13-15(21)14(20)9-5-11(18)12(19)6-10(9)16-13;3*3-2(4,5)1(6)7;/h3*4-9,21H,1-3H3,(H,19,20);1-6,17-19,21H,(H,16,20);3*(H,6,7);1H. The Labute approximate surface area is 649 Å². The lowest BCUT2D eigenvalue weighted by molar-refractivity contribution is -0.193. The Kier molecular flexibility index (Phi) is 31.0. The Morgan fingerprint density at radius 2 is 0.591 bits per heavy atom. The summed E-state index contributed by atoms with van der Waals surface area (Å²) in [5.74, 6) is -6.03. The van der Waals surface area contributed by atoms with E-state index in [-0.39, 0.29) is 68.0 Å². The fourth-order valence-electron chi connectivity index (χ4n) is 9.96. The molecular formula is C75H66BrF9N4O26. The molecule has 30 nitrogen and oxygen atoms in total. The molecule has 0 fully saturated rings. The van der Waals surface area contributed by atoms with Crippen LogP contribution in [0.4, 0.5) is 39.5 Å². The number of fused-ring (bicyclic) bond motifs is 4. The predicted octanol–water partition coefficient (Wildman–Crippen LogP) is 13.3. The number of hydrogen-bond donors (Lipinski definition) is 14. The average Bonchev–Trinajstić information content (AvgIpc) is 0.770. The van der Waals surface area contributed by atoms with Crippen LogP contribution in [0.5, 0.6) is 92.0 Å². The fourth-order valence-corrected chi connectivity index (χ4v) is 9.96. The number of benzene rings is 8. The van der Waals surface area contributed by atoms with Crippen LogP contribution in [-0.4, -0.2) is 171 Å². The lowest BCUT2D eigenvalue weighted by atomic mass is 10.1. The third-order valence-corrected chi connectivity index (χ3v) is 15.5. The smallest absolute Gasteiger partial charge is 0.490 e. The fraction of sp³-hybridized carbons (Fsp3) is 0.160. The highest BCUT2D eigenvalue weighted by molar-refractivity contribution is 8.93. The number of nitrogens with one attached hydrogen (secondary N) is 4. The van der Waals surface area contributed by atoms with E-state index in [4.69, 9.17) is 72.3 Å². The molecule has 0 unspecified atom stereocenters. The van der Waals surface area contributed by atoms with Crippen molar-refractivity contribution in [3.63, 3.8) is 0 Å². The van der Waals surface area contributed by atoms with Crippen molar-refractivity contribution in [2.45, 2.75) is 18.5 Å². The lowest BCUT2D eigenvalue weighted by Crippen LogP contribution is -2.21. The normalized spacial score (nSPS) is 10.7. The molecular weight excluding hydrogens is 1620 g/mol. The molecule has 0 saturated carbocycles. The minimum Gasteiger partial charge on any atom is -0.508 e. The van der Waals surface area contributed by atoms with Crippen molar-refractivity contribution in [3.8, 4) is 137 Å². The summed E-state index contributed by atoms with van der Waals surface area (Å²) in [6, 6.07) is 39.1. The molecule has 0 atom stereocenters. The van der Waals surface area contributed by atoms with Gasteiger partial charge in [-0.3, -0.25) is 19.2 Å². The van der Waals surface area contributed by atoms with Gasteiger partial charge in [0.2, 0.25) is 21.7 Å². The van der Waals surface area contributed by atoms with Gasteiger partial charge in [0.1, 0.15) is 23.0 Å². The number of methoxy groups -OCH3 is 9. The SMILES string of the molecule is Br.COc1cc2[nH]c(-c3ccccc3OC)c(O)c(=O)c2cc1OC.COc1ccc(-c2[nH]c3cc(OC)c(OC)cc3c(=O)c2O)cc1.COc1cccc(-c2[nH]c3cc(OC)c(OC)cc3c(=O)c2O)c1.O=C(O)C(F)(F)F.O=C(O)C(F)(F)F.O=C(O)C(F)(F)F.O=c1c(O)c(-c2ccc(O)cc2)[nH]c2cc(O)c(O)cc12. The second kappa shape index (κ2) is 39.0. The number of phenolic OH excluding ortho intramolecular Hbond substituents is 3. The van der Waals surface area contributed by atoms with E-state index in [1.807, 2.05) is 6.07 Å². The van der Waals surface area contributed by atoms with E-state index in [1.165, 1.54) is 80.1 Å². The third-order valence-electron chi connectivity index (χ3n) is 15.5. The summed E-state index contributed by atoms with van der Waals surface area (Å²) in [6.45, 7) is 0. The Balaban J connectivity index is 0.000000252. The molecule has 4 aromatic heterocycles. The Morgan fingerprint density at radius 3 is 0.930 bits per heavy atom. The lowest BCUT2D eigenvalue weighted by Gasteiger charge is -2.13. The molecule has 0 saturated heterocycles. The molecule has 0 aliphatic heterocycles. The Bertz CT molecular complexity index is 5700. The zero-order valence-electron chi connectivity index (χ0n) is 60.7. The molecule has 40 heteroatoms. The summed E-state index contributed by atoms with van der Waals surface area (Å²) in [7, 11) is 13.7. The van der Waals surface area contributed by atoms with E-state index >= 15 is 0 Å².